The van der Waals surface area contributed by atoms with Gasteiger partial charge < -0.3 is 19.7 Å². The van der Waals surface area contributed by atoms with Crippen molar-refractivity contribution in [2.45, 2.75) is 45.7 Å². The molecule has 0 fully saturated rings. The second-order valence-electron chi connectivity index (χ2n) is 8.41. The highest BCUT2D eigenvalue weighted by Gasteiger charge is 2.29. The third kappa shape index (κ3) is 6.82. The van der Waals surface area contributed by atoms with E-state index < -0.39 is 16.1 Å². The first-order valence-electron chi connectivity index (χ1n) is 11.8. The van der Waals surface area contributed by atoms with Gasteiger partial charge in [-0.05, 0) is 43.5 Å². The van der Waals surface area contributed by atoms with Gasteiger partial charge in [-0.15, -0.1) is 0 Å². The molecule has 2 aromatic carbocycles. The minimum atomic E-state index is -3.62. The molecule has 11 heteroatoms. The summed E-state index contributed by atoms with van der Waals surface area (Å²) in [5.74, 6) is 0.523. The van der Waals surface area contributed by atoms with Crippen molar-refractivity contribution in [3.05, 3.63) is 53.1 Å². The maximum Gasteiger partial charge on any atom is 0.242 e. The molecule has 1 heterocycles. The lowest BCUT2D eigenvalue weighted by molar-refractivity contribution is -0.141. The van der Waals surface area contributed by atoms with Crippen molar-refractivity contribution in [3.63, 3.8) is 0 Å². The molecule has 196 valence electrons. The van der Waals surface area contributed by atoms with E-state index >= 15 is 0 Å². The number of ether oxygens (including phenoxy) is 2. The van der Waals surface area contributed by atoms with Crippen molar-refractivity contribution in [2.24, 2.45) is 0 Å². The molecule has 0 bridgehead atoms. The maximum atomic E-state index is 13.4. The molecule has 0 radical (unpaired) electrons. The normalized spacial score (nSPS) is 13.2. The average Bonchev–Trinajstić information content (AvgIpc) is 3.30. The molecule has 1 aliphatic heterocycles. The number of sulfonamides is 1. The first kappa shape index (κ1) is 27.6. The Balaban J connectivity index is 1.76. The second-order valence-corrected chi connectivity index (χ2v) is 10.7. The summed E-state index contributed by atoms with van der Waals surface area (Å²) in [6.45, 7) is 4.45. The standard InChI is InChI=1S/C25H32ClN3O6S/c1-4-21(25(31)27-5-2)28(16-18-9-6-7-10-20(18)26)24(30)11-8-14-29(36(3,32)33)19-12-13-22-23(15-19)35-17-34-22/h6-7,9-10,12-13,15,21H,4-5,8,11,14,16-17H2,1-3H3,(H,27,31)/t21-/m1/s1. The molecular formula is C25H32ClN3O6S. The van der Waals surface area contributed by atoms with Gasteiger partial charge in [-0.3, -0.25) is 13.9 Å². The predicted octanol–water partition coefficient (Wildman–Crippen LogP) is 3.56. The molecule has 1 atom stereocenters. The monoisotopic (exact) mass is 537 g/mol. The highest BCUT2D eigenvalue weighted by molar-refractivity contribution is 7.92. The number of halogens is 1. The van der Waals surface area contributed by atoms with Crippen LogP contribution in [0.4, 0.5) is 5.69 Å². The summed E-state index contributed by atoms with van der Waals surface area (Å²) in [5.41, 5.74) is 1.16. The lowest BCUT2D eigenvalue weighted by Crippen LogP contribution is -2.49. The van der Waals surface area contributed by atoms with Gasteiger partial charge in [0.15, 0.2) is 11.5 Å². The van der Waals surface area contributed by atoms with E-state index in [0.717, 1.165) is 11.8 Å². The largest absolute Gasteiger partial charge is 0.454 e. The fourth-order valence-electron chi connectivity index (χ4n) is 4.07. The molecule has 0 saturated carbocycles. The van der Waals surface area contributed by atoms with Crippen molar-refractivity contribution >= 4 is 39.1 Å². The molecule has 0 unspecified atom stereocenters. The van der Waals surface area contributed by atoms with E-state index in [-0.39, 0.29) is 44.5 Å². The molecule has 0 aliphatic carbocycles. The van der Waals surface area contributed by atoms with Crippen LogP contribution in [0.25, 0.3) is 0 Å². The van der Waals surface area contributed by atoms with Crippen LogP contribution in [0.2, 0.25) is 5.02 Å². The number of hydrogen-bond donors (Lipinski definition) is 1. The fraction of sp³-hybridized carbons (Fsp3) is 0.440. The zero-order valence-corrected chi connectivity index (χ0v) is 22.3. The summed E-state index contributed by atoms with van der Waals surface area (Å²) in [4.78, 5) is 27.7. The van der Waals surface area contributed by atoms with E-state index in [2.05, 4.69) is 5.32 Å². The van der Waals surface area contributed by atoms with Crippen molar-refractivity contribution < 1.29 is 27.5 Å². The Morgan fingerprint density at radius 3 is 2.50 bits per heavy atom. The Hall–Kier alpha value is -2.98. The van der Waals surface area contributed by atoms with Crippen LogP contribution in [0.5, 0.6) is 11.5 Å². The zero-order valence-electron chi connectivity index (χ0n) is 20.7. The van der Waals surface area contributed by atoms with Crippen LogP contribution in [0, 0.1) is 0 Å². The minimum absolute atomic E-state index is 0.0525. The van der Waals surface area contributed by atoms with Gasteiger partial charge in [0.25, 0.3) is 0 Å². The zero-order chi connectivity index (χ0) is 26.3. The number of hydrogen-bond acceptors (Lipinski definition) is 6. The Morgan fingerprint density at radius 1 is 1.11 bits per heavy atom. The average molecular weight is 538 g/mol. The van der Waals surface area contributed by atoms with Crippen molar-refractivity contribution in [1.82, 2.24) is 10.2 Å². The van der Waals surface area contributed by atoms with Gasteiger partial charge in [-0.2, -0.15) is 0 Å². The van der Waals surface area contributed by atoms with Gasteiger partial charge >= 0.3 is 0 Å². The number of amides is 2. The summed E-state index contributed by atoms with van der Waals surface area (Å²) in [6.07, 6.45) is 1.85. The van der Waals surface area contributed by atoms with E-state index in [9.17, 15) is 18.0 Å². The van der Waals surface area contributed by atoms with Crippen molar-refractivity contribution in [1.29, 1.82) is 0 Å². The maximum absolute atomic E-state index is 13.4. The summed E-state index contributed by atoms with van der Waals surface area (Å²) >= 11 is 6.33. The molecule has 1 N–H and O–H groups in total. The number of anilines is 1. The SMILES string of the molecule is CCNC(=O)[C@@H](CC)N(Cc1ccccc1Cl)C(=O)CCCN(c1ccc2c(c1)OCO2)S(C)(=O)=O. The van der Waals surface area contributed by atoms with Gasteiger partial charge in [-0.1, -0.05) is 36.7 Å². The Kier molecular flexibility index (Phi) is 9.44. The Morgan fingerprint density at radius 2 is 1.83 bits per heavy atom. The van der Waals surface area contributed by atoms with Crippen LogP contribution < -0.4 is 19.1 Å². The van der Waals surface area contributed by atoms with Gasteiger partial charge in [0.1, 0.15) is 6.04 Å². The molecule has 0 saturated heterocycles. The number of carbonyl (C=O) groups excluding carboxylic acids is 2. The van der Waals surface area contributed by atoms with E-state index in [4.69, 9.17) is 21.1 Å². The first-order chi connectivity index (χ1) is 17.2. The highest BCUT2D eigenvalue weighted by Crippen LogP contribution is 2.36. The minimum Gasteiger partial charge on any atom is -0.454 e. The molecule has 0 spiro atoms. The second kappa shape index (κ2) is 12.3. The predicted molar refractivity (Wildman–Crippen MR) is 139 cm³/mol. The summed E-state index contributed by atoms with van der Waals surface area (Å²) in [5, 5.41) is 3.30. The number of nitrogens with zero attached hydrogens (tertiary/aromatic N) is 2. The van der Waals surface area contributed by atoms with E-state index in [1.54, 1.807) is 30.3 Å². The lowest BCUT2D eigenvalue weighted by Gasteiger charge is -2.31. The van der Waals surface area contributed by atoms with E-state index in [0.29, 0.717) is 35.2 Å². The van der Waals surface area contributed by atoms with Crippen LogP contribution in [-0.4, -0.2) is 57.3 Å². The highest BCUT2D eigenvalue weighted by atomic mass is 35.5. The molecule has 2 amide bonds. The summed E-state index contributed by atoms with van der Waals surface area (Å²) < 4.78 is 37.0. The molecule has 3 rings (SSSR count). The molecule has 9 nitrogen and oxygen atoms in total. The number of fused-ring (bicyclic) bond motifs is 1. The fourth-order valence-corrected chi connectivity index (χ4v) is 5.22. The van der Waals surface area contributed by atoms with Crippen LogP contribution in [0.3, 0.4) is 0 Å². The topological polar surface area (TPSA) is 105 Å². The molecule has 1 aliphatic rings. The number of likely N-dealkylation sites (N-methyl/N-ethyl adjacent to an activating group) is 1. The summed E-state index contributed by atoms with van der Waals surface area (Å²) in [6, 6.07) is 11.4. The number of carbonyl (C=O) groups is 2. The van der Waals surface area contributed by atoms with Gasteiger partial charge in [0.05, 0.1) is 11.9 Å². The first-order valence-corrected chi connectivity index (χ1v) is 14.1. The molecular weight excluding hydrogens is 506 g/mol. The third-order valence-corrected chi connectivity index (χ3v) is 7.39. The number of benzene rings is 2. The van der Waals surface area contributed by atoms with Crippen molar-refractivity contribution in [3.8, 4) is 11.5 Å². The van der Waals surface area contributed by atoms with Crippen LogP contribution in [0.15, 0.2) is 42.5 Å². The van der Waals surface area contributed by atoms with E-state index in [1.807, 2.05) is 26.0 Å². The smallest absolute Gasteiger partial charge is 0.242 e. The van der Waals surface area contributed by atoms with Gasteiger partial charge in [0, 0.05) is 37.1 Å². The van der Waals surface area contributed by atoms with Gasteiger partial charge in [0.2, 0.25) is 28.6 Å². The lowest BCUT2D eigenvalue weighted by atomic mass is 10.1. The van der Waals surface area contributed by atoms with E-state index in [1.165, 1.54) is 9.21 Å². The van der Waals surface area contributed by atoms with Crippen LogP contribution >= 0.6 is 11.6 Å². The van der Waals surface area contributed by atoms with Crippen LogP contribution in [0.1, 0.15) is 38.7 Å². The van der Waals surface area contributed by atoms with Crippen LogP contribution in [-0.2, 0) is 26.2 Å². The third-order valence-electron chi connectivity index (χ3n) is 5.83. The molecule has 36 heavy (non-hydrogen) atoms. The number of rotatable bonds is 12. The van der Waals surface area contributed by atoms with Crippen molar-refractivity contribution in [2.75, 3.05) is 30.4 Å². The number of nitrogens with one attached hydrogen (secondary N) is 1. The quantitative estimate of drug-likeness (QED) is 0.444. The molecule has 2 aromatic rings. The molecule has 0 aromatic heterocycles. The Labute approximate surface area is 217 Å². The Bertz CT molecular complexity index is 1190. The van der Waals surface area contributed by atoms with Gasteiger partial charge in [-0.25, -0.2) is 8.42 Å². The summed E-state index contributed by atoms with van der Waals surface area (Å²) in [7, 11) is -3.62.